The quantitative estimate of drug-likeness (QED) is 0.710. The van der Waals surface area contributed by atoms with Gasteiger partial charge in [-0.05, 0) is 57.7 Å². The molecular weight excluding hydrogens is 295 g/mol. The molecule has 0 N–H and O–H groups in total. The van der Waals surface area contributed by atoms with Crippen molar-refractivity contribution in [1.29, 1.82) is 0 Å². The summed E-state index contributed by atoms with van der Waals surface area (Å²) in [5.41, 5.74) is 2.15. The van der Waals surface area contributed by atoms with Gasteiger partial charge in [-0.25, -0.2) is 4.39 Å². The molecule has 2 nitrogen and oxygen atoms in total. The lowest BCUT2D eigenvalue weighted by molar-refractivity contribution is 0.400. The maximum atomic E-state index is 13.2. The average molecular weight is 317 g/mol. The average Bonchev–Trinajstić information content (AvgIpc) is 2.34. The molecule has 1 aromatic rings. The number of anilines is 1. The fraction of sp³-hybridized carbons (Fsp3) is 0.571. The molecule has 0 amide bonds. The second-order valence-electron chi connectivity index (χ2n) is 4.64. The Hall–Kier alpha value is -0.610. The third-order valence-corrected chi connectivity index (χ3v) is 3.55. The van der Waals surface area contributed by atoms with Gasteiger partial charge < -0.3 is 9.80 Å². The number of nitrogens with zero attached hydrogens (tertiary/aromatic N) is 2. The molecule has 0 radical (unpaired) electrons. The molecule has 1 aromatic carbocycles. The van der Waals surface area contributed by atoms with E-state index in [4.69, 9.17) is 0 Å². The van der Waals surface area contributed by atoms with E-state index in [0.717, 1.165) is 37.3 Å². The first kappa shape index (κ1) is 15.4. The van der Waals surface area contributed by atoms with E-state index in [1.54, 1.807) is 6.07 Å². The molecule has 0 atom stereocenters. The summed E-state index contributed by atoms with van der Waals surface area (Å²) in [5, 5.41) is 0.685. The van der Waals surface area contributed by atoms with Gasteiger partial charge in [-0.2, -0.15) is 0 Å². The molecule has 1 rings (SSSR count). The largest absolute Gasteiger partial charge is 0.372 e. The summed E-state index contributed by atoms with van der Waals surface area (Å²) in [5.74, 6) is -0.169. The topological polar surface area (TPSA) is 6.48 Å². The highest BCUT2D eigenvalue weighted by Crippen LogP contribution is 2.24. The van der Waals surface area contributed by atoms with Crippen LogP contribution in [-0.4, -0.2) is 38.6 Å². The molecular formula is C14H22BrFN2. The molecule has 0 aliphatic rings. The van der Waals surface area contributed by atoms with Crippen LogP contribution in [0.3, 0.4) is 0 Å². The van der Waals surface area contributed by atoms with Gasteiger partial charge in [0.05, 0.1) is 0 Å². The van der Waals surface area contributed by atoms with Gasteiger partial charge >= 0.3 is 0 Å². The molecule has 0 spiro atoms. The van der Waals surface area contributed by atoms with Crippen molar-refractivity contribution in [1.82, 2.24) is 4.90 Å². The second-order valence-corrected chi connectivity index (χ2v) is 5.20. The van der Waals surface area contributed by atoms with Crippen LogP contribution in [-0.2, 0) is 5.33 Å². The molecule has 0 aromatic heterocycles. The Balaban J connectivity index is 2.75. The minimum Gasteiger partial charge on any atom is -0.372 e. The molecule has 0 fully saturated rings. The second kappa shape index (κ2) is 7.74. The predicted molar refractivity (Wildman–Crippen MR) is 80.1 cm³/mol. The zero-order valence-corrected chi connectivity index (χ0v) is 13.0. The Bertz CT molecular complexity index is 369. The summed E-state index contributed by atoms with van der Waals surface area (Å²) in [4.78, 5) is 4.49. The molecule has 0 aliphatic carbocycles. The van der Waals surface area contributed by atoms with Gasteiger partial charge in [0.15, 0.2) is 0 Å². The number of benzene rings is 1. The van der Waals surface area contributed by atoms with Gasteiger partial charge in [0, 0.05) is 24.1 Å². The zero-order chi connectivity index (χ0) is 13.5. The normalized spacial score (nSPS) is 11.0. The number of hydrogen-bond donors (Lipinski definition) is 0. The highest BCUT2D eigenvalue weighted by atomic mass is 79.9. The predicted octanol–water partition coefficient (Wildman–Crippen LogP) is 3.50. The SMILES string of the molecule is CCN(CCCN(C)C)c1ccc(F)cc1CBr. The van der Waals surface area contributed by atoms with Crippen LogP contribution in [0.2, 0.25) is 0 Å². The lowest BCUT2D eigenvalue weighted by Gasteiger charge is -2.26. The van der Waals surface area contributed by atoms with E-state index in [9.17, 15) is 4.39 Å². The minimum absolute atomic E-state index is 0.169. The van der Waals surface area contributed by atoms with Crippen molar-refractivity contribution < 1.29 is 4.39 Å². The minimum atomic E-state index is -0.169. The summed E-state index contributed by atoms with van der Waals surface area (Å²) in [6.07, 6.45) is 1.11. The van der Waals surface area contributed by atoms with Crippen molar-refractivity contribution in [2.75, 3.05) is 38.6 Å². The number of alkyl halides is 1. The Morgan fingerprint density at radius 3 is 2.50 bits per heavy atom. The molecule has 0 aliphatic heterocycles. The van der Waals surface area contributed by atoms with E-state index in [1.165, 1.54) is 6.07 Å². The lowest BCUT2D eigenvalue weighted by Crippen LogP contribution is -2.27. The smallest absolute Gasteiger partial charge is 0.123 e. The van der Waals surface area contributed by atoms with Gasteiger partial charge in [0.1, 0.15) is 5.82 Å². The van der Waals surface area contributed by atoms with Crippen LogP contribution in [0.4, 0.5) is 10.1 Å². The van der Waals surface area contributed by atoms with Crippen molar-refractivity contribution in [2.45, 2.75) is 18.7 Å². The van der Waals surface area contributed by atoms with E-state index in [-0.39, 0.29) is 5.82 Å². The van der Waals surface area contributed by atoms with Gasteiger partial charge in [-0.1, -0.05) is 15.9 Å². The molecule has 18 heavy (non-hydrogen) atoms. The van der Waals surface area contributed by atoms with Crippen molar-refractivity contribution in [3.05, 3.63) is 29.6 Å². The third kappa shape index (κ3) is 4.58. The van der Waals surface area contributed by atoms with Crippen molar-refractivity contribution in [3.8, 4) is 0 Å². The van der Waals surface area contributed by atoms with E-state index in [1.807, 2.05) is 6.07 Å². The molecule has 0 heterocycles. The molecule has 0 unspecified atom stereocenters. The third-order valence-electron chi connectivity index (χ3n) is 2.94. The molecule has 0 saturated heterocycles. The van der Waals surface area contributed by atoms with Crippen molar-refractivity contribution in [3.63, 3.8) is 0 Å². The van der Waals surface area contributed by atoms with Crippen LogP contribution in [0, 0.1) is 5.82 Å². The maximum absolute atomic E-state index is 13.2. The van der Waals surface area contributed by atoms with Gasteiger partial charge in [0.25, 0.3) is 0 Å². The van der Waals surface area contributed by atoms with Gasteiger partial charge in [-0.15, -0.1) is 0 Å². The van der Waals surface area contributed by atoms with Gasteiger partial charge in [-0.3, -0.25) is 0 Å². The number of hydrogen-bond acceptors (Lipinski definition) is 2. The Morgan fingerprint density at radius 1 is 1.22 bits per heavy atom. The summed E-state index contributed by atoms with van der Waals surface area (Å²) >= 11 is 3.43. The van der Waals surface area contributed by atoms with Crippen LogP contribution < -0.4 is 4.90 Å². The van der Waals surface area contributed by atoms with E-state index in [2.05, 4.69) is 46.7 Å². The van der Waals surface area contributed by atoms with E-state index in [0.29, 0.717) is 5.33 Å². The van der Waals surface area contributed by atoms with Crippen LogP contribution in [0.1, 0.15) is 18.9 Å². The summed E-state index contributed by atoms with van der Waals surface area (Å²) < 4.78 is 13.2. The summed E-state index contributed by atoms with van der Waals surface area (Å²) in [6.45, 7) is 5.15. The number of halogens is 2. The van der Waals surface area contributed by atoms with E-state index >= 15 is 0 Å². The summed E-state index contributed by atoms with van der Waals surface area (Å²) in [6, 6.07) is 5.03. The first-order chi connectivity index (χ1) is 8.58. The first-order valence-corrected chi connectivity index (χ1v) is 7.44. The standard InChI is InChI=1S/C14H22BrFN2/c1-4-18(9-5-8-17(2)3)14-7-6-13(16)10-12(14)11-15/h6-7,10H,4-5,8-9,11H2,1-3H3. The lowest BCUT2D eigenvalue weighted by atomic mass is 10.1. The number of rotatable bonds is 7. The monoisotopic (exact) mass is 316 g/mol. The zero-order valence-electron chi connectivity index (χ0n) is 11.4. The first-order valence-electron chi connectivity index (χ1n) is 6.32. The van der Waals surface area contributed by atoms with Crippen LogP contribution >= 0.6 is 15.9 Å². The van der Waals surface area contributed by atoms with Gasteiger partial charge in [0.2, 0.25) is 0 Å². The molecule has 102 valence electrons. The highest BCUT2D eigenvalue weighted by molar-refractivity contribution is 9.08. The fourth-order valence-electron chi connectivity index (χ4n) is 2.00. The molecule has 4 heteroatoms. The van der Waals surface area contributed by atoms with Crippen LogP contribution in [0.15, 0.2) is 18.2 Å². The molecule has 0 saturated carbocycles. The molecule has 0 bridgehead atoms. The highest BCUT2D eigenvalue weighted by Gasteiger charge is 2.10. The Labute approximate surface area is 118 Å². The van der Waals surface area contributed by atoms with Crippen LogP contribution in [0.5, 0.6) is 0 Å². The van der Waals surface area contributed by atoms with Crippen molar-refractivity contribution >= 4 is 21.6 Å². The van der Waals surface area contributed by atoms with E-state index < -0.39 is 0 Å². The maximum Gasteiger partial charge on any atom is 0.123 e. The van der Waals surface area contributed by atoms with Crippen molar-refractivity contribution in [2.24, 2.45) is 0 Å². The van der Waals surface area contributed by atoms with Crippen LogP contribution in [0.25, 0.3) is 0 Å². The Kier molecular flexibility index (Phi) is 6.65. The Morgan fingerprint density at radius 2 is 1.94 bits per heavy atom. The summed E-state index contributed by atoms with van der Waals surface area (Å²) in [7, 11) is 4.16. The fourth-order valence-corrected chi connectivity index (χ4v) is 2.45.